The summed E-state index contributed by atoms with van der Waals surface area (Å²) in [5.41, 5.74) is 0.729. The first-order valence-corrected chi connectivity index (χ1v) is 12.3. The van der Waals surface area contributed by atoms with Gasteiger partial charge in [0.25, 0.3) is 11.7 Å². The van der Waals surface area contributed by atoms with Gasteiger partial charge in [0.15, 0.2) is 11.6 Å². The van der Waals surface area contributed by atoms with E-state index in [0.717, 1.165) is 16.6 Å². The number of aromatic amines is 1. The molecule has 0 saturated carbocycles. The number of carbonyl (C=O) groups is 2. The number of ketones is 1. The van der Waals surface area contributed by atoms with Crippen molar-refractivity contribution in [3.63, 3.8) is 0 Å². The van der Waals surface area contributed by atoms with E-state index < -0.39 is 11.7 Å². The van der Waals surface area contributed by atoms with E-state index in [4.69, 9.17) is 9.47 Å². The highest BCUT2D eigenvalue weighted by atomic mass is 16.5. The molecule has 198 valence electrons. The summed E-state index contributed by atoms with van der Waals surface area (Å²) in [4.78, 5) is 42.1. The van der Waals surface area contributed by atoms with Crippen LogP contribution in [-0.4, -0.2) is 91.9 Å². The predicted molar refractivity (Wildman–Crippen MR) is 142 cm³/mol. The van der Waals surface area contributed by atoms with Crippen LogP contribution in [0.3, 0.4) is 0 Å². The summed E-state index contributed by atoms with van der Waals surface area (Å²) in [6.07, 6.45) is 4.55. The number of ether oxygens (including phenoxy) is 2. The first-order chi connectivity index (χ1) is 19.0. The molecule has 5 heterocycles. The highest BCUT2D eigenvalue weighted by molar-refractivity contribution is 6.45. The number of benzene rings is 1. The lowest BCUT2D eigenvalue weighted by Gasteiger charge is -2.35. The van der Waals surface area contributed by atoms with Crippen molar-refractivity contribution in [1.29, 1.82) is 0 Å². The molecule has 4 aromatic heterocycles. The van der Waals surface area contributed by atoms with Gasteiger partial charge in [0.2, 0.25) is 5.88 Å². The summed E-state index contributed by atoms with van der Waals surface area (Å²) < 4.78 is 12.3. The van der Waals surface area contributed by atoms with Gasteiger partial charge in [-0.05, 0) is 13.0 Å². The van der Waals surface area contributed by atoms with Crippen LogP contribution in [0.2, 0.25) is 0 Å². The Hall–Kier alpha value is -5.07. The summed E-state index contributed by atoms with van der Waals surface area (Å²) in [7, 11) is 3.05. The van der Waals surface area contributed by atoms with Gasteiger partial charge < -0.3 is 24.3 Å². The van der Waals surface area contributed by atoms with Crippen LogP contribution in [0.25, 0.3) is 27.5 Å². The van der Waals surface area contributed by atoms with Gasteiger partial charge in [0, 0.05) is 43.1 Å². The Balaban J connectivity index is 1.24. The second kappa shape index (κ2) is 9.67. The standard InChI is InChI=1S/C26H25N9O4/c1-15-29-14-35(32-15)24-21-20(19(38-2)13-28-24)18(12-27-21)22(36)26(37)34-10-8-33(9-11-34)23-16-6-4-5-7-17(16)25(39-3)31-30-23/h4-7,12-14,27H,8-11H2,1-3H3. The summed E-state index contributed by atoms with van der Waals surface area (Å²) >= 11 is 0. The number of aromatic nitrogens is 7. The second-order valence-electron chi connectivity index (χ2n) is 9.03. The lowest BCUT2D eigenvalue weighted by atomic mass is 10.1. The number of piperazine rings is 1. The average Bonchev–Trinajstić information content (AvgIpc) is 3.62. The normalized spacial score (nSPS) is 13.7. The van der Waals surface area contributed by atoms with E-state index in [1.54, 1.807) is 18.9 Å². The molecule has 1 N–H and O–H groups in total. The maximum Gasteiger partial charge on any atom is 0.295 e. The number of carbonyl (C=O) groups excluding carboxylic acids is 2. The van der Waals surface area contributed by atoms with Crippen LogP contribution in [0, 0.1) is 6.92 Å². The predicted octanol–water partition coefficient (Wildman–Crippen LogP) is 1.94. The number of H-pyrrole nitrogens is 1. The molecule has 0 spiro atoms. The van der Waals surface area contributed by atoms with Crippen LogP contribution < -0.4 is 14.4 Å². The van der Waals surface area contributed by atoms with Gasteiger partial charge in [-0.25, -0.2) is 14.6 Å². The molecule has 1 fully saturated rings. The quantitative estimate of drug-likeness (QED) is 0.257. The molecule has 39 heavy (non-hydrogen) atoms. The molecule has 0 radical (unpaired) electrons. The molecular formula is C26H25N9O4. The molecular weight excluding hydrogens is 502 g/mol. The Kier molecular flexibility index (Phi) is 6.02. The van der Waals surface area contributed by atoms with Crippen molar-refractivity contribution in [2.45, 2.75) is 6.92 Å². The summed E-state index contributed by atoms with van der Waals surface area (Å²) in [5, 5.41) is 15.1. The van der Waals surface area contributed by atoms with Crippen molar-refractivity contribution in [2.75, 3.05) is 45.3 Å². The molecule has 6 rings (SSSR count). The number of nitrogens with one attached hydrogen (secondary N) is 1. The van der Waals surface area contributed by atoms with E-state index in [1.807, 2.05) is 24.3 Å². The van der Waals surface area contributed by atoms with Gasteiger partial charge in [0.05, 0.1) is 36.9 Å². The molecule has 1 saturated heterocycles. The number of amides is 1. The summed E-state index contributed by atoms with van der Waals surface area (Å²) in [6.45, 7) is 3.49. The number of nitrogens with zero attached hydrogens (tertiary/aromatic N) is 8. The molecule has 0 bridgehead atoms. The maximum absolute atomic E-state index is 13.5. The van der Waals surface area contributed by atoms with E-state index in [9.17, 15) is 9.59 Å². The molecule has 1 aromatic carbocycles. The third kappa shape index (κ3) is 4.07. The van der Waals surface area contributed by atoms with Crippen LogP contribution in [-0.2, 0) is 4.79 Å². The van der Waals surface area contributed by atoms with Crippen molar-refractivity contribution >= 4 is 39.2 Å². The number of anilines is 1. The van der Waals surface area contributed by atoms with Gasteiger partial charge in [-0.15, -0.1) is 10.2 Å². The third-order valence-electron chi connectivity index (χ3n) is 6.83. The van der Waals surface area contributed by atoms with Crippen molar-refractivity contribution in [3.05, 3.63) is 54.4 Å². The van der Waals surface area contributed by atoms with Gasteiger partial charge in [-0.3, -0.25) is 9.59 Å². The Bertz CT molecular complexity index is 1720. The van der Waals surface area contributed by atoms with Gasteiger partial charge in [-0.1, -0.05) is 18.2 Å². The van der Waals surface area contributed by atoms with E-state index in [-0.39, 0.29) is 5.56 Å². The first-order valence-electron chi connectivity index (χ1n) is 12.3. The van der Waals surface area contributed by atoms with E-state index >= 15 is 0 Å². The molecule has 0 atom stereocenters. The van der Waals surface area contributed by atoms with Crippen molar-refractivity contribution in [1.82, 2.24) is 39.8 Å². The average molecular weight is 528 g/mol. The fourth-order valence-corrected chi connectivity index (χ4v) is 4.89. The van der Waals surface area contributed by atoms with Crippen molar-refractivity contribution < 1.29 is 19.1 Å². The van der Waals surface area contributed by atoms with Crippen LogP contribution >= 0.6 is 0 Å². The number of fused-ring (bicyclic) bond motifs is 2. The number of aryl methyl sites for hydroxylation is 1. The van der Waals surface area contributed by atoms with E-state index in [2.05, 4.69) is 35.1 Å². The number of hydrogen-bond acceptors (Lipinski definition) is 10. The van der Waals surface area contributed by atoms with Crippen LogP contribution in [0.4, 0.5) is 5.82 Å². The van der Waals surface area contributed by atoms with Crippen LogP contribution in [0.1, 0.15) is 16.2 Å². The monoisotopic (exact) mass is 527 g/mol. The zero-order chi connectivity index (χ0) is 27.1. The van der Waals surface area contributed by atoms with E-state index in [1.165, 1.54) is 30.5 Å². The summed E-state index contributed by atoms with van der Waals surface area (Å²) in [5.74, 6) is 1.35. The van der Waals surface area contributed by atoms with Crippen LogP contribution in [0.5, 0.6) is 11.6 Å². The van der Waals surface area contributed by atoms with Gasteiger partial charge in [-0.2, -0.15) is 5.10 Å². The number of rotatable bonds is 6. The fourth-order valence-electron chi connectivity index (χ4n) is 4.89. The highest BCUT2D eigenvalue weighted by Gasteiger charge is 2.31. The molecule has 0 aliphatic carbocycles. The fraction of sp³-hybridized carbons (Fsp3) is 0.269. The lowest BCUT2D eigenvalue weighted by molar-refractivity contribution is -0.126. The lowest BCUT2D eigenvalue weighted by Crippen LogP contribution is -2.51. The van der Waals surface area contributed by atoms with E-state index in [0.29, 0.717) is 60.4 Å². The molecule has 13 nitrogen and oxygen atoms in total. The zero-order valence-corrected chi connectivity index (χ0v) is 21.6. The smallest absolute Gasteiger partial charge is 0.295 e. The topological polar surface area (TPSA) is 144 Å². The largest absolute Gasteiger partial charge is 0.494 e. The zero-order valence-electron chi connectivity index (χ0n) is 21.6. The maximum atomic E-state index is 13.5. The first kappa shape index (κ1) is 24.3. The molecule has 5 aromatic rings. The number of methoxy groups -OCH3 is 2. The molecule has 1 aliphatic heterocycles. The van der Waals surface area contributed by atoms with Crippen LogP contribution in [0.15, 0.2) is 43.0 Å². The Morgan fingerprint density at radius 3 is 2.41 bits per heavy atom. The Morgan fingerprint density at radius 2 is 1.72 bits per heavy atom. The second-order valence-corrected chi connectivity index (χ2v) is 9.03. The molecule has 13 heteroatoms. The third-order valence-corrected chi connectivity index (χ3v) is 6.83. The minimum Gasteiger partial charge on any atom is -0.494 e. The summed E-state index contributed by atoms with van der Waals surface area (Å²) in [6, 6.07) is 7.76. The molecule has 0 unspecified atom stereocenters. The van der Waals surface area contributed by atoms with Crippen molar-refractivity contribution in [3.8, 4) is 17.4 Å². The van der Waals surface area contributed by atoms with Gasteiger partial charge in [0.1, 0.15) is 17.9 Å². The minimum absolute atomic E-state index is 0.210. The number of Topliss-reactive ketones (excluding diaryl/α,β-unsaturated/α-hetero) is 1. The molecule has 1 amide bonds. The highest BCUT2D eigenvalue weighted by Crippen LogP contribution is 2.33. The Labute approximate surface area is 222 Å². The van der Waals surface area contributed by atoms with Crippen molar-refractivity contribution in [2.24, 2.45) is 0 Å². The number of hydrogen-bond donors (Lipinski definition) is 1. The SMILES string of the molecule is COc1nnc(N2CCN(C(=O)C(=O)c3c[nH]c4c(-n5cnc(C)n5)ncc(OC)c34)CC2)c2ccccc12. The Morgan fingerprint density at radius 1 is 0.949 bits per heavy atom. The molecule has 1 aliphatic rings. The van der Waals surface area contributed by atoms with Gasteiger partial charge >= 0.3 is 0 Å². The number of pyridine rings is 1. The minimum atomic E-state index is -0.630.